The monoisotopic (exact) mass is 176 g/mol. The first kappa shape index (κ1) is 8.17. The van der Waals surface area contributed by atoms with Gasteiger partial charge in [0.1, 0.15) is 17.1 Å². The second kappa shape index (κ2) is 2.80. The first-order valence-corrected chi connectivity index (χ1v) is 4.39. The molecule has 0 aliphatic heterocycles. The Balaban J connectivity index is 2.62. The van der Waals surface area contributed by atoms with Gasteiger partial charge < -0.3 is 9.52 Å². The van der Waals surface area contributed by atoms with E-state index in [2.05, 4.69) is 13.8 Å². The number of aromatic hydroxyl groups is 1. The lowest BCUT2D eigenvalue weighted by Gasteiger charge is -1.95. The van der Waals surface area contributed by atoms with E-state index >= 15 is 0 Å². The molecule has 1 aromatic heterocycles. The van der Waals surface area contributed by atoms with E-state index in [0.29, 0.717) is 5.92 Å². The van der Waals surface area contributed by atoms with Gasteiger partial charge in [-0.15, -0.1) is 0 Å². The average Bonchev–Trinajstić information content (AvgIpc) is 2.46. The molecule has 0 amide bonds. The third-order valence-electron chi connectivity index (χ3n) is 2.09. The van der Waals surface area contributed by atoms with Crippen LogP contribution in [-0.2, 0) is 0 Å². The molecule has 0 fully saturated rings. The number of hydrogen-bond acceptors (Lipinski definition) is 2. The minimum atomic E-state index is 0.281. The van der Waals surface area contributed by atoms with Crippen LogP contribution in [-0.4, -0.2) is 5.11 Å². The molecule has 0 atom stereocenters. The van der Waals surface area contributed by atoms with Gasteiger partial charge in [0.2, 0.25) is 0 Å². The van der Waals surface area contributed by atoms with Crippen molar-refractivity contribution >= 4 is 11.0 Å². The Hall–Kier alpha value is -1.44. The molecular weight excluding hydrogens is 164 g/mol. The first-order valence-electron chi connectivity index (χ1n) is 4.39. The highest BCUT2D eigenvalue weighted by Gasteiger charge is 2.06. The van der Waals surface area contributed by atoms with Gasteiger partial charge in [-0.1, -0.05) is 13.8 Å². The summed E-state index contributed by atoms with van der Waals surface area (Å²) < 4.78 is 5.57. The Morgan fingerprint density at radius 2 is 2.00 bits per heavy atom. The molecule has 0 saturated carbocycles. The van der Waals surface area contributed by atoms with Crippen LogP contribution in [0.3, 0.4) is 0 Å². The molecule has 2 heteroatoms. The summed E-state index contributed by atoms with van der Waals surface area (Å²) in [6.45, 7) is 4.16. The zero-order valence-corrected chi connectivity index (χ0v) is 7.74. The van der Waals surface area contributed by atoms with Crippen molar-refractivity contribution in [1.82, 2.24) is 0 Å². The maximum absolute atomic E-state index is 9.24. The molecule has 13 heavy (non-hydrogen) atoms. The summed E-state index contributed by atoms with van der Waals surface area (Å²) in [4.78, 5) is 0. The highest BCUT2D eigenvalue weighted by Crippen LogP contribution is 2.27. The standard InChI is InChI=1S/C11H12O2/c1-7(2)11-6-8-5-9(12)3-4-10(8)13-11/h3-7,12H,1-2H3. The zero-order valence-electron chi connectivity index (χ0n) is 7.74. The molecule has 2 aromatic rings. The fraction of sp³-hybridized carbons (Fsp3) is 0.273. The first-order chi connectivity index (χ1) is 6.16. The van der Waals surface area contributed by atoms with E-state index in [1.165, 1.54) is 0 Å². The van der Waals surface area contributed by atoms with Crippen molar-refractivity contribution < 1.29 is 9.52 Å². The highest BCUT2D eigenvalue weighted by molar-refractivity contribution is 5.79. The molecule has 2 rings (SSSR count). The maximum Gasteiger partial charge on any atom is 0.134 e. The van der Waals surface area contributed by atoms with Crippen LogP contribution in [0.15, 0.2) is 28.7 Å². The van der Waals surface area contributed by atoms with E-state index in [9.17, 15) is 5.11 Å². The smallest absolute Gasteiger partial charge is 0.134 e. The second-order valence-corrected chi connectivity index (χ2v) is 3.53. The molecule has 1 heterocycles. The van der Waals surface area contributed by atoms with Gasteiger partial charge in [-0.05, 0) is 24.3 Å². The van der Waals surface area contributed by atoms with Gasteiger partial charge in [-0.3, -0.25) is 0 Å². The quantitative estimate of drug-likeness (QED) is 0.723. The summed E-state index contributed by atoms with van der Waals surface area (Å²) in [6, 6.07) is 7.11. The van der Waals surface area contributed by atoms with Crippen LogP contribution in [0.25, 0.3) is 11.0 Å². The van der Waals surface area contributed by atoms with Crippen molar-refractivity contribution in [2.24, 2.45) is 0 Å². The van der Waals surface area contributed by atoms with Crippen molar-refractivity contribution in [1.29, 1.82) is 0 Å². The molecule has 0 aliphatic rings. The van der Waals surface area contributed by atoms with E-state index in [4.69, 9.17) is 4.42 Å². The van der Waals surface area contributed by atoms with E-state index in [-0.39, 0.29) is 5.75 Å². The van der Waals surface area contributed by atoms with Gasteiger partial charge in [0.05, 0.1) is 0 Å². The number of phenolic OH excluding ortho intramolecular Hbond substituents is 1. The van der Waals surface area contributed by atoms with Gasteiger partial charge in [-0.2, -0.15) is 0 Å². The summed E-state index contributed by atoms with van der Waals surface area (Å²) in [5, 5.41) is 10.2. The van der Waals surface area contributed by atoms with Gasteiger partial charge in [0, 0.05) is 11.3 Å². The number of hydrogen-bond donors (Lipinski definition) is 1. The minimum Gasteiger partial charge on any atom is -0.508 e. The summed E-state index contributed by atoms with van der Waals surface area (Å²) >= 11 is 0. The van der Waals surface area contributed by atoms with Crippen molar-refractivity contribution in [2.45, 2.75) is 19.8 Å². The molecule has 0 spiro atoms. The fourth-order valence-corrected chi connectivity index (χ4v) is 1.34. The molecule has 0 unspecified atom stereocenters. The lowest BCUT2D eigenvalue weighted by atomic mass is 10.1. The summed E-state index contributed by atoms with van der Waals surface area (Å²) in [5.74, 6) is 1.62. The molecule has 2 nitrogen and oxygen atoms in total. The zero-order chi connectivity index (χ0) is 9.42. The molecule has 1 aromatic carbocycles. The molecule has 68 valence electrons. The molecule has 0 aliphatic carbocycles. The summed E-state index contributed by atoms with van der Waals surface area (Å²) in [5.41, 5.74) is 0.835. The van der Waals surface area contributed by atoms with Crippen LogP contribution in [0, 0.1) is 0 Å². The number of benzene rings is 1. The normalized spacial score (nSPS) is 11.3. The SMILES string of the molecule is CC(C)c1cc2cc(O)ccc2o1. The van der Waals surface area contributed by atoms with Gasteiger partial charge in [-0.25, -0.2) is 0 Å². The van der Waals surface area contributed by atoms with Gasteiger partial charge in [0.25, 0.3) is 0 Å². The number of rotatable bonds is 1. The number of fused-ring (bicyclic) bond motifs is 1. The largest absolute Gasteiger partial charge is 0.508 e. The van der Waals surface area contributed by atoms with E-state index in [1.807, 2.05) is 6.07 Å². The third kappa shape index (κ3) is 1.39. The van der Waals surface area contributed by atoms with E-state index in [0.717, 1.165) is 16.7 Å². The van der Waals surface area contributed by atoms with Crippen molar-refractivity contribution in [2.75, 3.05) is 0 Å². The molecule has 0 bridgehead atoms. The third-order valence-corrected chi connectivity index (χ3v) is 2.09. The Labute approximate surface area is 76.8 Å². The van der Waals surface area contributed by atoms with Crippen LogP contribution in [0.5, 0.6) is 5.75 Å². The number of furan rings is 1. The summed E-state index contributed by atoms with van der Waals surface area (Å²) in [7, 11) is 0. The van der Waals surface area contributed by atoms with Crippen LogP contribution in [0.1, 0.15) is 25.5 Å². The minimum absolute atomic E-state index is 0.281. The summed E-state index contributed by atoms with van der Waals surface area (Å²) in [6.07, 6.45) is 0. The Morgan fingerprint density at radius 1 is 1.23 bits per heavy atom. The fourth-order valence-electron chi connectivity index (χ4n) is 1.34. The van der Waals surface area contributed by atoms with Crippen LogP contribution in [0.4, 0.5) is 0 Å². The van der Waals surface area contributed by atoms with E-state index in [1.54, 1.807) is 18.2 Å². The lowest BCUT2D eigenvalue weighted by Crippen LogP contribution is -1.79. The van der Waals surface area contributed by atoms with Crippen molar-refractivity contribution in [3.8, 4) is 5.75 Å². The topological polar surface area (TPSA) is 33.4 Å². The number of phenols is 1. The van der Waals surface area contributed by atoms with Crippen LogP contribution < -0.4 is 0 Å². The van der Waals surface area contributed by atoms with Crippen molar-refractivity contribution in [3.63, 3.8) is 0 Å². The Morgan fingerprint density at radius 3 is 2.69 bits per heavy atom. The van der Waals surface area contributed by atoms with Crippen LogP contribution >= 0.6 is 0 Å². The molecule has 0 saturated heterocycles. The highest BCUT2D eigenvalue weighted by atomic mass is 16.3. The molecule has 1 N–H and O–H groups in total. The Bertz CT molecular complexity index is 427. The van der Waals surface area contributed by atoms with Gasteiger partial charge in [0.15, 0.2) is 0 Å². The average molecular weight is 176 g/mol. The predicted molar refractivity (Wildman–Crippen MR) is 52.0 cm³/mol. The van der Waals surface area contributed by atoms with Crippen molar-refractivity contribution in [3.05, 3.63) is 30.0 Å². The maximum atomic E-state index is 9.24. The molecule has 0 radical (unpaired) electrons. The second-order valence-electron chi connectivity index (χ2n) is 3.53. The molecular formula is C11H12O2. The van der Waals surface area contributed by atoms with E-state index < -0.39 is 0 Å². The predicted octanol–water partition coefficient (Wildman–Crippen LogP) is 3.26. The lowest BCUT2D eigenvalue weighted by molar-refractivity contribution is 0.475. The Kier molecular flexibility index (Phi) is 1.76. The van der Waals surface area contributed by atoms with Gasteiger partial charge >= 0.3 is 0 Å². The van der Waals surface area contributed by atoms with Crippen LogP contribution in [0.2, 0.25) is 0 Å².